The Morgan fingerprint density at radius 1 is 0.333 bits per heavy atom. The van der Waals surface area contributed by atoms with Crippen molar-refractivity contribution in [3.63, 3.8) is 0 Å². The van der Waals surface area contributed by atoms with Crippen LogP contribution in [-0.2, 0) is 0 Å². The molecule has 0 unspecified atom stereocenters. The molecule has 0 saturated heterocycles. The van der Waals surface area contributed by atoms with Crippen LogP contribution in [0.5, 0.6) is 0 Å². The average Bonchev–Trinajstić information content (AvgIpc) is 3.72. The second-order valence-corrected chi connectivity index (χ2v) is 12.0. The van der Waals surface area contributed by atoms with Crippen LogP contribution in [0, 0.1) is 0 Å². The molecule has 10 rings (SSSR count). The third-order valence-corrected chi connectivity index (χ3v) is 9.09. The highest BCUT2D eigenvalue weighted by Gasteiger charge is 2.20. The molecule has 5 heteroatoms. The number of para-hydroxylation sites is 1. The lowest BCUT2D eigenvalue weighted by atomic mass is 9.96. The first-order valence-electron chi connectivity index (χ1n) is 15.9. The Morgan fingerprint density at radius 3 is 1.75 bits per heavy atom. The molecule has 7 aromatic carbocycles. The van der Waals surface area contributed by atoms with Crippen LogP contribution < -0.4 is 0 Å². The highest BCUT2D eigenvalue weighted by molar-refractivity contribution is 6.16. The van der Waals surface area contributed by atoms with Crippen molar-refractivity contribution >= 4 is 54.6 Å². The molecule has 3 aromatic heterocycles. The molecule has 5 nitrogen and oxygen atoms in total. The van der Waals surface area contributed by atoms with Gasteiger partial charge in [0.15, 0.2) is 17.5 Å². The van der Waals surface area contributed by atoms with Gasteiger partial charge >= 0.3 is 0 Å². The molecule has 0 spiro atoms. The fourth-order valence-corrected chi connectivity index (χ4v) is 6.87. The molecule has 0 aliphatic heterocycles. The van der Waals surface area contributed by atoms with Gasteiger partial charge in [-0.15, -0.1) is 0 Å². The first-order valence-corrected chi connectivity index (χ1v) is 15.9. The first kappa shape index (κ1) is 26.6. The lowest BCUT2D eigenvalue weighted by Crippen LogP contribution is -2.00. The number of hydrogen-bond donors (Lipinski definition) is 0. The summed E-state index contributed by atoms with van der Waals surface area (Å²) in [6, 6.07) is 51.6. The molecule has 0 amide bonds. The zero-order valence-corrected chi connectivity index (χ0v) is 25.6. The van der Waals surface area contributed by atoms with Crippen LogP contribution in [0.4, 0.5) is 0 Å². The molecule has 0 saturated carbocycles. The fourth-order valence-electron chi connectivity index (χ4n) is 6.87. The van der Waals surface area contributed by atoms with Crippen LogP contribution in [0.2, 0.25) is 0 Å². The topological polar surface area (TPSA) is 65.0 Å². The van der Waals surface area contributed by atoms with Gasteiger partial charge in [-0.1, -0.05) is 115 Å². The Kier molecular flexibility index (Phi) is 5.81. The minimum Gasteiger partial charge on any atom is -0.456 e. The SMILES string of the molecule is c1ccc(-c2nc(-c3cc(-c4ccccc4)c4c(c3)oc3cc5ccccc5cc34)nc(-c3cccc4oc5ccccc5c34)n2)cc1. The van der Waals surface area contributed by atoms with Gasteiger partial charge in [-0.25, -0.2) is 15.0 Å². The van der Waals surface area contributed by atoms with Crippen LogP contribution >= 0.6 is 0 Å². The second-order valence-electron chi connectivity index (χ2n) is 12.0. The largest absolute Gasteiger partial charge is 0.456 e. The van der Waals surface area contributed by atoms with Crippen molar-refractivity contribution in [2.24, 2.45) is 0 Å². The number of rotatable bonds is 4. The van der Waals surface area contributed by atoms with Crippen molar-refractivity contribution in [1.82, 2.24) is 15.0 Å². The molecule has 0 radical (unpaired) electrons. The van der Waals surface area contributed by atoms with E-state index in [0.29, 0.717) is 17.5 Å². The van der Waals surface area contributed by atoms with Gasteiger partial charge in [0.05, 0.1) is 0 Å². The summed E-state index contributed by atoms with van der Waals surface area (Å²) in [5, 5.41) is 6.46. The summed E-state index contributed by atoms with van der Waals surface area (Å²) in [5.41, 5.74) is 8.03. The van der Waals surface area contributed by atoms with Crippen molar-refractivity contribution < 1.29 is 8.83 Å². The van der Waals surface area contributed by atoms with Gasteiger partial charge in [0.1, 0.15) is 22.3 Å². The molecule has 0 aliphatic rings. The van der Waals surface area contributed by atoms with Gasteiger partial charge in [0.2, 0.25) is 0 Å². The summed E-state index contributed by atoms with van der Waals surface area (Å²) < 4.78 is 12.9. The molecule has 3 heterocycles. The van der Waals surface area contributed by atoms with E-state index < -0.39 is 0 Å². The summed E-state index contributed by atoms with van der Waals surface area (Å²) in [4.78, 5) is 15.3. The van der Waals surface area contributed by atoms with Crippen molar-refractivity contribution in [3.05, 3.63) is 152 Å². The zero-order valence-electron chi connectivity index (χ0n) is 25.6. The van der Waals surface area contributed by atoms with Gasteiger partial charge in [-0.2, -0.15) is 0 Å². The second kappa shape index (κ2) is 10.5. The summed E-state index contributed by atoms with van der Waals surface area (Å²) in [7, 11) is 0. The lowest BCUT2D eigenvalue weighted by molar-refractivity contribution is 0.669. The van der Waals surface area contributed by atoms with Gasteiger partial charge in [0, 0.05) is 38.2 Å². The maximum atomic E-state index is 6.63. The number of fused-ring (bicyclic) bond motifs is 7. The number of benzene rings is 7. The summed E-state index contributed by atoms with van der Waals surface area (Å²) in [6.45, 7) is 0. The van der Waals surface area contributed by atoms with Crippen molar-refractivity contribution in [3.8, 4) is 45.3 Å². The van der Waals surface area contributed by atoms with E-state index in [4.69, 9.17) is 23.8 Å². The van der Waals surface area contributed by atoms with Gasteiger partial charge < -0.3 is 8.83 Å². The van der Waals surface area contributed by atoms with E-state index in [0.717, 1.165) is 77.1 Å². The summed E-state index contributed by atoms with van der Waals surface area (Å²) in [5.74, 6) is 1.74. The van der Waals surface area contributed by atoms with E-state index in [1.807, 2.05) is 66.7 Å². The molecular weight excluding hydrogens is 590 g/mol. The predicted molar refractivity (Wildman–Crippen MR) is 194 cm³/mol. The predicted octanol–water partition coefficient (Wildman–Crippen LogP) is 11.5. The highest BCUT2D eigenvalue weighted by Crippen LogP contribution is 2.42. The smallest absolute Gasteiger partial charge is 0.164 e. The third-order valence-electron chi connectivity index (χ3n) is 9.09. The quantitative estimate of drug-likeness (QED) is 0.197. The first-order chi connectivity index (χ1) is 23.8. The van der Waals surface area contributed by atoms with Gasteiger partial charge in [0.25, 0.3) is 0 Å². The molecule has 10 aromatic rings. The number of hydrogen-bond acceptors (Lipinski definition) is 5. The fraction of sp³-hybridized carbons (Fsp3) is 0. The minimum absolute atomic E-state index is 0.563. The lowest BCUT2D eigenvalue weighted by Gasteiger charge is -2.11. The van der Waals surface area contributed by atoms with Crippen LogP contribution in [0.25, 0.3) is 99.9 Å². The molecule has 0 N–H and O–H groups in total. The Bertz CT molecular complexity index is 2840. The Balaban J connectivity index is 1.27. The Morgan fingerprint density at radius 2 is 0.938 bits per heavy atom. The number of aromatic nitrogens is 3. The Hall–Kier alpha value is -6.59. The zero-order chi connectivity index (χ0) is 31.6. The Labute approximate surface area is 274 Å². The van der Waals surface area contributed by atoms with Crippen molar-refractivity contribution in [1.29, 1.82) is 0 Å². The van der Waals surface area contributed by atoms with Crippen molar-refractivity contribution in [2.45, 2.75) is 0 Å². The molecular formula is C43H25N3O2. The average molecular weight is 616 g/mol. The van der Waals surface area contributed by atoms with Crippen LogP contribution in [0.15, 0.2) is 160 Å². The standard InChI is InChI=1S/C43H25N3O2/c1-3-12-26(13-4-1)33-23-30(25-38-40(33)34-22-28-16-7-8-17-29(28)24-37(34)48-38)42-44-41(27-14-5-2-6-15-27)45-43(46-42)32-19-11-21-36-39(32)31-18-9-10-20-35(31)47-36/h1-25H. The van der Waals surface area contributed by atoms with E-state index in [9.17, 15) is 0 Å². The van der Waals surface area contributed by atoms with E-state index in [1.165, 1.54) is 5.39 Å². The third kappa shape index (κ3) is 4.22. The molecule has 0 bridgehead atoms. The number of nitrogens with zero attached hydrogens (tertiary/aromatic N) is 3. The maximum absolute atomic E-state index is 6.63. The van der Waals surface area contributed by atoms with E-state index in [2.05, 4.69) is 84.9 Å². The monoisotopic (exact) mass is 615 g/mol. The molecule has 0 aliphatic carbocycles. The number of furan rings is 2. The molecule has 0 fully saturated rings. The van der Waals surface area contributed by atoms with Crippen LogP contribution in [0.3, 0.4) is 0 Å². The highest BCUT2D eigenvalue weighted by atomic mass is 16.3. The molecule has 0 atom stereocenters. The van der Waals surface area contributed by atoms with Gasteiger partial charge in [-0.3, -0.25) is 0 Å². The van der Waals surface area contributed by atoms with Crippen LogP contribution in [0.1, 0.15) is 0 Å². The van der Waals surface area contributed by atoms with E-state index >= 15 is 0 Å². The van der Waals surface area contributed by atoms with Crippen molar-refractivity contribution in [2.75, 3.05) is 0 Å². The maximum Gasteiger partial charge on any atom is 0.164 e. The minimum atomic E-state index is 0.563. The van der Waals surface area contributed by atoms with Crippen LogP contribution in [-0.4, -0.2) is 15.0 Å². The van der Waals surface area contributed by atoms with E-state index in [1.54, 1.807) is 0 Å². The normalized spacial score (nSPS) is 11.8. The summed E-state index contributed by atoms with van der Waals surface area (Å²) in [6.07, 6.45) is 0. The van der Waals surface area contributed by atoms with E-state index in [-0.39, 0.29) is 0 Å². The molecule has 224 valence electrons. The molecule has 48 heavy (non-hydrogen) atoms. The summed E-state index contributed by atoms with van der Waals surface area (Å²) >= 11 is 0. The van der Waals surface area contributed by atoms with Gasteiger partial charge in [-0.05, 0) is 58.3 Å².